The van der Waals surface area contributed by atoms with Gasteiger partial charge >= 0.3 is 0 Å². The molecule has 0 radical (unpaired) electrons. The van der Waals surface area contributed by atoms with E-state index in [1.54, 1.807) is 0 Å². The van der Waals surface area contributed by atoms with E-state index in [1.165, 1.54) is 0 Å². The molecule has 1 heterocycles. The van der Waals surface area contributed by atoms with E-state index in [2.05, 4.69) is 0 Å². The molecule has 0 saturated heterocycles. The number of hydrogen-bond donors (Lipinski definition) is 0. The van der Waals surface area contributed by atoms with Gasteiger partial charge in [-0.25, -0.2) is 0 Å². The molecule has 1 aromatic heterocycles. The molecule has 0 aliphatic rings. The summed E-state index contributed by atoms with van der Waals surface area (Å²) in [4.78, 5) is 14.5. The smallest absolute Gasteiger partial charge is 0.293 e. The largest absolute Gasteiger partial charge is 1.00 e. The molecule has 112 valence electrons. The third-order valence-electron chi connectivity index (χ3n) is 3.29. The number of nitrogens with zero attached hydrogens (tertiary/aromatic N) is 2. The number of anilines is 1. The van der Waals surface area contributed by atoms with Crippen molar-refractivity contribution in [3.8, 4) is 0 Å². The van der Waals surface area contributed by atoms with Gasteiger partial charge in [0, 0.05) is 30.8 Å². The molecule has 21 heavy (non-hydrogen) atoms. The fourth-order valence-electron chi connectivity index (χ4n) is 2.28. The lowest BCUT2D eigenvalue weighted by atomic mass is 10.2. The molecule has 0 bridgehead atoms. The molecule has 0 atom stereocenters. The van der Waals surface area contributed by atoms with Crippen molar-refractivity contribution in [3.05, 3.63) is 60.4 Å². The van der Waals surface area contributed by atoms with Gasteiger partial charge in [-0.1, -0.05) is 24.3 Å². The Morgan fingerprint density at radius 1 is 1.10 bits per heavy atom. The minimum Gasteiger partial charge on any atom is -1.00 e. The zero-order valence-electron chi connectivity index (χ0n) is 12.7. The molecule has 2 aromatic rings. The summed E-state index contributed by atoms with van der Waals surface area (Å²) in [5.41, 5.74) is 2.03. The highest BCUT2D eigenvalue weighted by molar-refractivity contribution is 5.92. The van der Waals surface area contributed by atoms with Crippen molar-refractivity contribution in [2.24, 2.45) is 0 Å². The maximum Gasteiger partial charge on any atom is 0.293 e. The number of carbonyl (C=O) groups excluding carboxylic acids is 1. The molecule has 0 spiro atoms. The van der Waals surface area contributed by atoms with E-state index in [1.807, 2.05) is 85.0 Å². The number of carbonyl (C=O) groups is 1. The predicted molar refractivity (Wildman–Crippen MR) is 80.4 cm³/mol. The van der Waals surface area contributed by atoms with Gasteiger partial charge in [-0.2, -0.15) is 4.57 Å². The third kappa shape index (κ3) is 4.30. The molecule has 1 amide bonds. The molecule has 2 rings (SSSR count). The van der Waals surface area contributed by atoms with Crippen LogP contribution in [0.2, 0.25) is 0 Å². The summed E-state index contributed by atoms with van der Waals surface area (Å²) in [5.74, 6) is 0.102. The summed E-state index contributed by atoms with van der Waals surface area (Å²) in [6.45, 7) is 6.44. The Morgan fingerprint density at radius 2 is 1.71 bits per heavy atom. The quantitative estimate of drug-likeness (QED) is 0.714. The van der Waals surface area contributed by atoms with Crippen molar-refractivity contribution in [3.63, 3.8) is 0 Å². The van der Waals surface area contributed by atoms with Crippen LogP contribution in [-0.2, 0) is 11.3 Å². The molecule has 0 fully saturated rings. The lowest BCUT2D eigenvalue weighted by molar-refractivity contribution is -0.690. The van der Waals surface area contributed by atoms with Gasteiger partial charge in [0.2, 0.25) is 6.54 Å². The average Bonchev–Trinajstić information content (AvgIpc) is 2.42. The first-order chi connectivity index (χ1) is 9.59. The van der Waals surface area contributed by atoms with Gasteiger partial charge in [-0.15, -0.1) is 0 Å². The molecular weight excluding hydrogens is 284 g/mol. The van der Waals surface area contributed by atoms with E-state index in [4.69, 9.17) is 0 Å². The van der Waals surface area contributed by atoms with Gasteiger partial charge in [-0.05, 0) is 26.0 Å². The predicted octanol–water partition coefficient (Wildman–Crippen LogP) is -0.272. The molecule has 4 heteroatoms. The van der Waals surface area contributed by atoms with Crippen LogP contribution in [0.5, 0.6) is 0 Å². The summed E-state index contributed by atoms with van der Waals surface area (Å²) < 4.78 is 1.97. The first-order valence-corrected chi connectivity index (χ1v) is 6.92. The first kappa shape index (κ1) is 17.2. The summed E-state index contributed by atoms with van der Waals surface area (Å²) in [6, 6.07) is 15.9. The van der Waals surface area contributed by atoms with Crippen LogP contribution in [-0.4, -0.2) is 11.9 Å². The Hall–Kier alpha value is -1.87. The molecule has 0 aliphatic heterocycles. The number of aryl methyl sites for hydroxylation is 1. The standard InChI is InChI=1S/C17H21N2O.ClH/c1-14(2)19(16-10-5-4-6-11-16)17(20)13-18-12-8-7-9-15(18)3;/h4-12,14H,13H2,1-3H3;1H/q+1;/p-1. The van der Waals surface area contributed by atoms with Gasteiger partial charge in [0.15, 0.2) is 11.9 Å². The van der Waals surface area contributed by atoms with Gasteiger partial charge in [-0.3, -0.25) is 4.79 Å². The average molecular weight is 305 g/mol. The molecular formula is C17H21ClN2O. The maximum absolute atomic E-state index is 12.6. The number of rotatable bonds is 4. The van der Waals surface area contributed by atoms with E-state index < -0.39 is 0 Å². The lowest BCUT2D eigenvalue weighted by Crippen LogP contribution is -3.00. The number of para-hydroxylation sites is 1. The van der Waals surface area contributed by atoms with Crippen LogP contribution in [0, 0.1) is 6.92 Å². The van der Waals surface area contributed by atoms with Crippen molar-refractivity contribution in [1.82, 2.24) is 0 Å². The van der Waals surface area contributed by atoms with E-state index in [0.717, 1.165) is 11.4 Å². The Labute approximate surface area is 132 Å². The van der Waals surface area contributed by atoms with Crippen LogP contribution >= 0.6 is 0 Å². The number of benzene rings is 1. The van der Waals surface area contributed by atoms with E-state index in [0.29, 0.717) is 6.54 Å². The highest BCUT2D eigenvalue weighted by Crippen LogP contribution is 2.16. The third-order valence-corrected chi connectivity index (χ3v) is 3.29. The second-order valence-electron chi connectivity index (χ2n) is 5.16. The lowest BCUT2D eigenvalue weighted by Gasteiger charge is -2.25. The molecule has 0 saturated carbocycles. The van der Waals surface area contributed by atoms with E-state index in [-0.39, 0.29) is 24.4 Å². The fourth-order valence-corrected chi connectivity index (χ4v) is 2.28. The van der Waals surface area contributed by atoms with E-state index in [9.17, 15) is 4.79 Å². The SMILES string of the molecule is Cc1cccc[n+]1CC(=O)N(c1ccccc1)C(C)C.[Cl-]. The van der Waals surface area contributed by atoms with Crippen molar-refractivity contribution in [1.29, 1.82) is 0 Å². The second kappa shape index (κ2) is 7.79. The van der Waals surface area contributed by atoms with Crippen LogP contribution in [0.1, 0.15) is 19.5 Å². The Balaban J connectivity index is 0.00000220. The molecule has 0 aliphatic carbocycles. The molecule has 3 nitrogen and oxygen atoms in total. The van der Waals surface area contributed by atoms with Crippen molar-refractivity contribution < 1.29 is 21.8 Å². The normalized spacial score (nSPS) is 10.1. The molecule has 0 N–H and O–H groups in total. The summed E-state index contributed by atoms with van der Waals surface area (Å²) in [6.07, 6.45) is 1.94. The molecule has 1 aromatic carbocycles. The van der Waals surface area contributed by atoms with Crippen LogP contribution in [0.15, 0.2) is 54.7 Å². The zero-order valence-corrected chi connectivity index (χ0v) is 13.4. The van der Waals surface area contributed by atoms with E-state index >= 15 is 0 Å². The van der Waals surface area contributed by atoms with Crippen LogP contribution in [0.3, 0.4) is 0 Å². The van der Waals surface area contributed by atoms with Gasteiger partial charge in [0.25, 0.3) is 5.91 Å². The first-order valence-electron chi connectivity index (χ1n) is 6.92. The number of pyridine rings is 1. The van der Waals surface area contributed by atoms with Gasteiger partial charge in [0.1, 0.15) is 0 Å². The zero-order chi connectivity index (χ0) is 14.5. The topological polar surface area (TPSA) is 24.2 Å². The Kier molecular flexibility index (Phi) is 6.38. The van der Waals surface area contributed by atoms with Crippen LogP contribution < -0.4 is 21.9 Å². The molecule has 0 unspecified atom stereocenters. The Bertz CT molecular complexity index is 584. The number of aromatic nitrogens is 1. The number of halogens is 1. The highest BCUT2D eigenvalue weighted by atomic mass is 35.5. The monoisotopic (exact) mass is 304 g/mol. The minimum absolute atomic E-state index is 0. The van der Waals surface area contributed by atoms with Gasteiger partial charge in [0.05, 0.1) is 0 Å². The maximum atomic E-state index is 12.6. The summed E-state index contributed by atoms with van der Waals surface area (Å²) in [7, 11) is 0. The minimum atomic E-state index is 0. The second-order valence-corrected chi connectivity index (χ2v) is 5.16. The van der Waals surface area contributed by atoms with Crippen LogP contribution in [0.25, 0.3) is 0 Å². The van der Waals surface area contributed by atoms with Crippen molar-refractivity contribution >= 4 is 11.6 Å². The van der Waals surface area contributed by atoms with Gasteiger partial charge < -0.3 is 17.3 Å². The fraction of sp³-hybridized carbons (Fsp3) is 0.294. The van der Waals surface area contributed by atoms with Crippen molar-refractivity contribution in [2.45, 2.75) is 33.4 Å². The summed E-state index contributed by atoms with van der Waals surface area (Å²) in [5, 5.41) is 0. The Morgan fingerprint density at radius 3 is 2.29 bits per heavy atom. The highest BCUT2D eigenvalue weighted by Gasteiger charge is 2.22. The van der Waals surface area contributed by atoms with Crippen molar-refractivity contribution in [2.75, 3.05) is 4.90 Å². The summed E-state index contributed by atoms with van der Waals surface area (Å²) >= 11 is 0. The number of amides is 1. The number of hydrogen-bond acceptors (Lipinski definition) is 1. The van der Waals surface area contributed by atoms with Crippen LogP contribution in [0.4, 0.5) is 5.69 Å².